The highest BCUT2D eigenvalue weighted by atomic mass is 16.5. The van der Waals surface area contributed by atoms with Gasteiger partial charge in [-0.2, -0.15) is 0 Å². The average Bonchev–Trinajstić information content (AvgIpc) is 3.26. The lowest BCUT2D eigenvalue weighted by atomic mass is 9.85. The molecule has 2 unspecified atom stereocenters. The quantitative estimate of drug-likeness (QED) is 0.366. The minimum absolute atomic E-state index is 0.0220. The molecule has 6 rings (SSSR count). The van der Waals surface area contributed by atoms with E-state index in [0.717, 1.165) is 40.9 Å². The van der Waals surface area contributed by atoms with E-state index in [0.29, 0.717) is 35.3 Å². The van der Waals surface area contributed by atoms with Gasteiger partial charge >= 0.3 is 0 Å². The molecule has 1 aliphatic heterocycles. The Labute approximate surface area is 193 Å². The van der Waals surface area contributed by atoms with Gasteiger partial charge in [0.1, 0.15) is 5.52 Å². The van der Waals surface area contributed by atoms with Crippen LogP contribution in [0.5, 0.6) is 0 Å². The van der Waals surface area contributed by atoms with Crippen molar-refractivity contribution < 1.29 is 9.32 Å². The smallest absolute Gasteiger partial charge is 0.196 e. The van der Waals surface area contributed by atoms with Gasteiger partial charge in [0.05, 0.1) is 16.6 Å². The van der Waals surface area contributed by atoms with Crippen LogP contribution in [0.1, 0.15) is 41.8 Å². The molecule has 3 aromatic carbocycles. The second-order valence-corrected chi connectivity index (χ2v) is 9.62. The highest BCUT2D eigenvalue weighted by molar-refractivity contribution is 6.28. The summed E-state index contributed by atoms with van der Waals surface area (Å²) in [6.45, 7) is 7.20. The number of ketones is 1. The standard InChI is InChI=1S/C28H27N3O2/c1-17-12-18(2)16-31(15-17)23-13-22(29-14-19-8-4-3-5-9-19)24-25-26(23)30-33-28(25)21-11-7-6-10-20(21)27(24)32/h3-11,13,17-18,29H,12,14-16H2,1-2H3. The Morgan fingerprint density at radius 3 is 2.45 bits per heavy atom. The van der Waals surface area contributed by atoms with E-state index in [9.17, 15) is 4.79 Å². The number of aromatic nitrogens is 1. The summed E-state index contributed by atoms with van der Waals surface area (Å²) >= 11 is 0. The summed E-state index contributed by atoms with van der Waals surface area (Å²) in [6, 6.07) is 20.0. The van der Waals surface area contributed by atoms with E-state index in [2.05, 4.69) is 47.4 Å². The molecule has 4 aromatic rings. The summed E-state index contributed by atoms with van der Waals surface area (Å²) < 4.78 is 5.92. The monoisotopic (exact) mass is 437 g/mol. The zero-order chi connectivity index (χ0) is 22.5. The molecule has 166 valence electrons. The predicted octanol–water partition coefficient (Wildman–Crippen LogP) is 6.13. The van der Waals surface area contributed by atoms with Gasteiger partial charge in [-0.1, -0.05) is 73.6 Å². The number of carbonyl (C=O) groups is 1. The van der Waals surface area contributed by atoms with E-state index in [4.69, 9.17) is 4.52 Å². The van der Waals surface area contributed by atoms with E-state index in [1.54, 1.807) is 0 Å². The molecule has 33 heavy (non-hydrogen) atoms. The molecule has 1 saturated heterocycles. The van der Waals surface area contributed by atoms with Gasteiger partial charge in [-0.05, 0) is 29.9 Å². The van der Waals surface area contributed by atoms with Crippen molar-refractivity contribution in [2.75, 3.05) is 23.3 Å². The summed E-state index contributed by atoms with van der Waals surface area (Å²) in [7, 11) is 0. The van der Waals surface area contributed by atoms with Crippen molar-refractivity contribution in [1.29, 1.82) is 0 Å². The predicted molar refractivity (Wildman–Crippen MR) is 132 cm³/mol. The Hall–Kier alpha value is -3.60. The normalized spacial score (nSPS) is 19.6. The van der Waals surface area contributed by atoms with E-state index < -0.39 is 0 Å². The van der Waals surface area contributed by atoms with Gasteiger partial charge in [0, 0.05) is 36.4 Å². The first kappa shape index (κ1) is 20.0. The number of hydrogen-bond donors (Lipinski definition) is 1. The molecule has 1 N–H and O–H groups in total. The zero-order valence-electron chi connectivity index (χ0n) is 19.0. The number of anilines is 2. The number of rotatable bonds is 4. The van der Waals surface area contributed by atoms with Crippen molar-refractivity contribution in [1.82, 2.24) is 5.16 Å². The van der Waals surface area contributed by atoms with Crippen molar-refractivity contribution >= 4 is 28.1 Å². The minimum atomic E-state index is 0.0220. The highest BCUT2D eigenvalue weighted by Gasteiger charge is 2.34. The summed E-state index contributed by atoms with van der Waals surface area (Å²) in [6.07, 6.45) is 1.23. The number of nitrogens with zero attached hydrogens (tertiary/aromatic N) is 2. The number of piperidine rings is 1. The van der Waals surface area contributed by atoms with E-state index in [1.807, 2.05) is 42.5 Å². The van der Waals surface area contributed by atoms with Crippen LogP contribution in [0.3, 0.4) is 0 Å². The van der Waals surface area contributed by atoms with Crippen LogP contribution in [0, 0.1) is 11.8 Å². The van der Waals surface area contributed by atoms with Gasteiger partial charge in [-0.3, -0.25) is 4.79 Å². The number of nitrogens with one attached hydrogen (secondary N) is 1. The first-order valence-electron chi connectivity index (χ1n) is 11.7. The molecule has 5 heteroatoms. The molecule has 2 atom stereocenters. The molecule has 1 aromatic heterocycles. The second-order valence-electron chi connectivity index (χ2n) is 9.62. The summed E-state index contributed by atoms with van der Waals surface area (Å²) in [5, 5.41) is 8.91. The molecular formula is C28H27N3O2. The molecule has 0 saturated carbocycles. The van der Waals surface area contributed by atoms with Gasteiger partial charge in [-0.25, -0.2) is 0 Å². The first-order valence-corrected chi connectivity index (χ1v) is 11.7. The lowest BCUT2D eigenvalue weighted by Crippen LogP contribution is -2.39. The molecule has 2 heterocycles. The maximum absolute atomic E-state index is 13.7. The topological polar surface area (TPSA) is 58.4 Å². The van der Waals surface area contributed by atoms with E-state index >= 15 is 0 Å². The van der Waals surface area contributed by atoms with Crippen molar-refractivity contribution in [3.8, 4) is 11.3 Å². The minimum Gasteiger partial charge on any atom is -0.380 e. The maximum Gasteiger partial charge on any atom is 0.196 e. The number of fused-ring (bicyclic) bond motifs is 2. The van der Waals surface area contributed by atoms with Gasteiger partial charge in [0.2, 0.25) is 0 Å². The fraction of sp³-hybridized carbons (Fsp3) is 0.286. The number of carbonyl (C=O) groups excluding carboxylic acids is 1. The Morgan fingerprint density at radius 2 is 1.70 bits per heavy atom. The maximum atomic E-state index is 13.7. The van der Waals surface area contributed by atoms with Crippen LogP contribution in [0.15, 0.2) is 65.2 Å². The molecule has 5 nitrogen and oxygen atoms in total. The highest BCUT2D eigenvalue weighted by Crippen LogP contribution is 2.46. The molecule has 0 spiro atoms. The van der Waals surface area contributed by atoms with Gasteiger partial charge in [0.25, 0.3) is 0 Å². The molecule has 0 radical (unpaired) electrons. The SMILES string of the molecule is CC1CC(C)CN(c2cc(NCc3ccccc3)c3c4c(onc24)-c2ccccc2C3=O)C1. The third-order valence-corrected chi connectivity index (χ3v) is 6.91. The van der Waals surface area contributed by atoms with Crippen LogP contribution in [0.25, 0.3) is 22.2 Å². The molecular weight excluding hydrogens is 410 g/mol. The molecule has 0 amide bonds. The molecule has 0 bridgehead atoms. The lowest BCUT2D eigenvalue weighted by Gasteiger charge is -2.37. The second kappa shape index (κ2) is 7.77. The summed E-state index contributed by atoms with van der Waals surface area (Å²) in [5.74, 6) is 1.92. The Kier molecular flexibility index (Phi) is 4.72. The van der Waals surface area contributed by atoms with Crippen molar-refractivity contribution in [2.24, 2.45) is 11.8 Å². The van der Waals surface area contributed by atoms with Crippen LogP contribution in [0.2, 0.25) is 0 Å². The third kappa shape index (κ3) is 3.30. The van der Waals surface area contributed by atoms with Crippen molar-refractivity contribution in [2.45, 2.75) is 26.8 Å². The van der Waals surface area contributed by atoms with Gasteiger partial charge in [0.15, 0.2) is 11.5 Å². The largest absolute Gasteiger partial charge is 0.380 e. The molecule has 2 aliphatic rings. The lowest BCUT2D eigenvalue weighted by molar-refractivity contribution is 0.104. The third-order valence-electron chi connectivity index (χ3n) is 6.91. The molecule has 1 aliphatic carbocycles. The number of hydrogen-bond acceptors (Lipinski definition) is 5. The van der Waals surface area contributed by atoms with Crippen molar-refractivity contribution in [3.05, 3.63) is 77.4 Å². The van der Waals surface area contributed by atoms with E-state index in [1.165, 1.54) is 12.0 Å². The van der Waals surface area contributed by atoms with Gasteiger partial charge < -0.3 is 14.7 Å². The Bertz CT molecular complexity index is 1350. The van der Waals surface area contributed by atoms with Gasteiger partial charge in [-0.15, -0.1) is 0 Å². The first-order chi connectivity index (χ1) is 16.1. The van der Waals surface area contributed by atoms with Crippen LogP contribution in [0.4, 0.5) is 11.4 Å². The number of benzene rings is 3. The fourth-order valence-electron chi connectivity index (χ4n) is 5.58. The van der Waals surface area contributed by atoms with Crippen LogP contribution in [-0.2, 0) is 6.54 Å². The van der Waals surface area contributed by atoms with E-state index in [-0.39, 0.29) is 5.78 Å². The average molecular weight is 438 g/mol. The van der Waals surface area contributed by atoms with Crippen LogP contribution in [-0.4, -0.2) is 24.0 Å². The van der Waals surface area contributed by atoms with Crippen molar-refractivity contribution in [3.63, 3.8) is 0 Å². The fourth-order valence-corrected chi connectivity index (χ4v) is 5.58. The van der Waals surface area contributed by atoms with Crippen LogP contribution < -0.4 is 10.2 Å². The Balaban J connectivity index is 1.54. The molecule has 1 fully saturated rings. The summed E-state index contributed by atoms with van der Waals surface area (Å²) in [4.78, 5) is 16.1. The summed E-state index contributed by atoms with van der Waals surface area (Å²) in [5.41, 5.74) is 6.00. The Morgan fingerprint density at radius 1 is 1.00 bits per heavy atom. The van der Waals surface area contributed by atoms with Crippen LogP contribution >= 0.6 is 0 Å². The zero-order valence-corrected chi connectivity index (χ0v) is 19.0.